The fourth-order valence-corrected chi connectivity index (χ4v) is 3.95. The lowest BCUT2D eigenvalue weighted by Gasteiger charge is -2.36. The average Bonchev–Trinajstić information content (AvgIpc) is 2.77. The van der Waals surface area contributed by atoms with Crippen LogP contribution in [0.25, 0.3) is 0 Å². The van der Waals surface area contributed by atoms with E-state index in [1.807, 2.05) is 0 Å². The summed E-state index contributed by atoms with van der Waals surface area (Å²) in [7, 11) is 1.41. The number of amides is 1. The highest BCUT2D eigenvalue weighted by atomic mass is 35.5. The highest BCUT2D eigenvalue weighted by molar-refractivity contribution is 6.30. The van der Waals surface area contributed by atoms with Gasteiger partial charge in [-0.25, -0.2) is 14.2 Å². The van der Waals surface area contributed by atoms with Crippen molar-refractivity contribution in [2.45, 2.75) is 44.6 Å². The van der Waals surface area contributed by atoms with Crippen molar-refractivity contribution in [3.63, 3.8) is 0 Å². The molecule has 32 heavy (non-hydrogen) atoms. The van der Waals surface area contributed by atoms with Crippen LogP contribution in [0.4, 0.5) is 4.39 Å². The number of methoxy groups -OCH3 is 1. The summed E-state index contributed by atoms with van der Waals surface area (Å²) in [5.74, 6) is -1.21. The maximum Gasteiger partial charge on any atom is 0.329 e. The molecule has 1 heterocycles. The minimum atomic E-state index is -1.30. The Morgan fingerprint density at radius 3 is 2.69 bits per heavy atom. The number of carbonyl (C=O) groups is 2. The van der Waals surface area contributed by atoms with E-state index in [2.05, 4.69) is 17.2 Å². The average molecular weight is 465 g/mol. The van der Waals surface area contributed by atoms with Gasteiger partial charge in [0.15, 0.2) is 5.75 Å². The molecule has 0 saturated heterocycles. The monoisotopic (exact) mass is 464 g/mol. The number of hydrogen-bond acceptors (Lipinski definition) is 5. The van der Waals surface area contributed by atoms with E-state index in [1.165, 1.54) is 37.6 Å². The number of aromatic nitrogens is 1. The quantitative estimate of drug-likeness (QED) is 0.605. The molecule has 0 aliphatic heterocycles. The van der Waals surface area contributed by atoms with Crippen LogP contribution in [0.3, 0.4) is 0 Å². The Bertz CT molecular complexity index is 992. The van der Waals surface area contributed by atoms with Crippen LogP contribution < -0.4 is 14.8 Å². The molecule has 3 rings (SSSR count). The van der Waals surface area contributed by atoms with Gasteiger partial charge < -0.3 is 19.9 Å². The number of carboxylic acid groups (broad SMARTS) is 1. The van der Waals surface area contributed by atoms with Crippen LogP contribution in [0.5, 0.6) is 11.6 Å². The summed E-state index contributed by atoms with van der Waals surface area (Å²) in [5.41, 5.74) is -0.753. The van der Waals surface area contributed by atoms with Gasteiger partial charge in [-0.05, 0) is 55.4 Å². The summed E-state index contributed by atoms with van der Waals surface area (Å²) >= 11 is 5.91. The molecule has 1 aliphatic carbocycles. The molecule has 9 heteroatoms. The molecular weight excluding hydrogens is 439 g/mol. The summed E-state index contributed by atoms with van der Waals surface area (Å²) < 4.78 is 24.8. The predicted octanol–water partition coefficient (Wildman–Crippen LogP) is 4.27. The largest absolute Gasteiger partial charge is 0.488 e. The topological polar surface area (TPSA) is 97.8 Å². The number of benzene rings is 1. The Labute approximate surface area is 190 Å². The zero-order valence-corrected chi connectivity index (χ0v) is 18.7. The van der Waals surface area contributed by atoms with Gasteiger partial charge in [0.1, 0.15) is 11.4 Å². The summed E-state index contributed by atoms with van der Waals surface area (Å²) in [5, 5.41) is 12.9. The second-order valence-electron chi connectivity index (χ2n) is 8.09. The number of ether oxygens (including phenoxy) is 2. The van der Waals surface area contributed by atoms with Crippen molar-refractivity contribution in [1.29, 1.82) is 0 Å². The van der Waals surface area contributed by atoms with Gasteiger partial charge >= 0.3 is 5.97 Å². The van der Waals surface area contributed by atoms with Crippen LogP contribution in [0.2, 0.25) is 5.02 Å². The molecule has 1 amide bonds. The molecule has 1 saturated carbocycles. The second kappa shape index (κ2) is 10.2. The first-order chi connectivity index (χ1) is 15.2. The first-order valence-corrected chi connectivity index (χ1v) is 10.8. The van der Waals surface area contributed by atoms with Crippen molar-refractivity contribution in [3.8, 4) is 11.6 Å². The first kappa shape index (κ1) is 23.8. The van der Waals surface area contributed by atoms with Crippen molar-refractivity contribution in [2.75, 3.05) is 13.7 Å². The highest BCUT2D eigenvalue weighted by Crippen LogP contribution is 2.33. The zero-order chi connectivity index (χ0) is 23.3. The maximum absolute atomic E-state index is 13.9. The third-order valence-corrected chi connectivity index (χ3v) is 6.04. The van der Waals surface area contributed by atoms with Crippen molar-refractivity contribution < 1.29 is 28.6 Å². The fourth-order valence-electron chi connectivity index (χ4n) is 3.76. The van der Waals surface area contributed by atoms with E-state index in [9.17, 15) is 19.1 Å². The zero-order valence-electron chi connectivity index (χ0n) is 18.0. The van der Waals surface area contributed by atoms with E-state index in [0.717, 1.165) is 12.8 Å². The Morgan fingerprint density at radius 1 is 1.31 bits per heavy atom. The molecule has 2 N–H and O–H groups in total. The molecule has 0 spiro atoms. The van der Waals surface area contributed by atoms with E-state index in [-0.39, 0.29) is 30.2 Å². The second-order valence-corrected chi connectivity index (χ2v) is 8.53. The summed E-state index contributed by atoms with van der Waals surface area (Å²) in [6.07, 6.45) is 3.73. The molecule has 0 atom stereocenters. The first-order valence-electron chi connectivity index (χ1n) is 10.4. The molecule has 2 aromatic rings. The lowest BCUT2D eigenvalue weighted by molar-refractivity contribution is -0.146. The normalized spacial score (nSPS) is 20.4. The van der Waals surface area contributed by atoms with Crippen molar-refractivity contribution in [2.24, 2.45) is 5.92 Å². The number of halogens is 2. The number of pyridine rings is 1. The van der Waals surface area contributed by atoms with Gasteiger partial charge in [-0.2, -0.15) is 0 Å². The van der Waals surface area contributed by atoms with Crippen LogP contribution in [-0.2, 0) is 11.2 Å². The number of carbonyl (C=O) groups excluding carboxylic acids is 1. The minimum Gasteiger partial charge on any atom is -0.488 e. The Morgan fingerprint density at radius 2 is 2.03 bits per heavy atom. The number of aliphatic carboxylic acids is 1. The Balaban J connectivity index is 1.72. The lowest BCUT2D eigenvalue weighted by atomic mass is 9.77. The summed E-state index contributed by atoms with van der Waals surface area (Å²) in [6.45, 7) is 2.16. The SMILES string of the molecule is COc1ncc(C(=O)N[C@]2(C(=O)O)CC[C@@H](C)CC2)cc1OCCc1cc(Cl)ccc1F. The van der Waals surface area contributed by atoms with Gasteiger partial charge in [-0.1, -0.05) is 18.5 Å². The van der Waals surface area contributed by atoms with E-state index in [4.69, 9.17) is 21.1 Å². The molecule has 1 fully saturated rings. The van der Waals surface area contributed by atoms with Crippen molar-refractivity contribution in [3.05, 3.63) is 52.4 Å². The van der Waals surface area contributed by atoms with E-state index < -0.39 is 23.2 Å². The van der Waals surface area contributed by atoms with Gasteiger partial charge in [-0.15, -0.1) is 0 Å². The molecule has 1 aromatic carbocycles. The number of carboxylic acids is 1. The third-order valence-electron chi connectivity index (χ3n) is 5.80. The van der Waals surface area contributed by atoms with Crippen molar-refractivity contribution >= 4 is 23.5 Å². The van der Waals surface area contributed by atoms with Gasteiger partial charge in [0.05, 0.1) is 19.3 Å². The van der Waals surface area contributed by atoms with Gasteiger partial charge in [0, 0.05) is 23.7 Å². The number of nitrogens with one attached hydrogen (secondary N) is 1. The number of nitrogens with zero attached hydrogens (tertiary/aromatic N) is 1. The molecule has 1 aliphatic rings. The number of rotatable bonds is 8. The third kappa shape index (κ3) is 5.48. The van der Waals surface area contributed by atoms with E-state index in [0.29, 0.717) is 29.3 Å². The molecule has 1 aromatic heterocycles. The standard InChI is InChI=1S/C23H26ClFN2O5/c1-14-5-8-23(9-6-14,22(29)30)27-20(28)16-12-19(21(31-2)26-13-16)32-10-7-15-11-17(24)3-4-18(15)25/h3-4,11-14H,5-10H2,1-2H3,(H,27,28)(H,29,30)/t14-,23-. The van der Waals surface area contributed by atoms with E-state index in [1.54, 1.807) is 0 Å². The lowest BCUT2D eigenvalue weighted by Crippen LogP contribution is -2.56. The Hall–Kier alpha value is -2.87. The smallest absolute Gasteiger partial charge is 0.329 e. The summed E-state index contributed by atoms with van der Waals surface area (Å²) in [4.78, 5) is 28.9. The van der Waals surface area contributed by atoms with Crippen LogP contribution in [0.15, 0.2) is 30.5 Å². The van der Waals surface area contributed by atoms with Crippen LogP contribution in [0, 0.1) is 11.7 Å². The highest BCUT2D eigenvalue weighted by Gasteiger charge is 2.42. The summed E-state index contributed by atoms with van der Waals surface area (Å²) in [6, 6.07) is 5.72. The Kier molecular flexibility index (Phi) is 7.56. The molecule has 172 valence electrons. The molecular formula is C23H26ClFN2O5. The van der Waals surface area contributed by atoms with Gasteiger partial charge in [0.2, 0.25) is 0 Å². The van der Waals surface area contributed by atoms with Crippen molar-refractivity contribution in [1.82, 2.24) is 10.3 Å². The molecule has 0 unspecified atom stereocenters. The van der Waals surface area contributed by atoms with Gasteiger partial charge in [0.25, 0.3) is 11.8 Å². The van der Waals surface area contributed by atoms with Crippen LogP contribution in [-0.4, -0.2) is 41.2 Å². The molecule has 0 radical (unpaired) electrons. The van der Waals surface area contributed by atoms with Crippen LogP contribution in [0.1, 0.15) is 48.5 Å². The van der Waals surface area contributed by atoms with Crippen LogP contribution >= 0.6 is 11.6 Å². The molecule has 0 bridgehead atoms. The molecule has 7 nitrogen and oxygen atoms in total. The van der Waals surface area contributed by atoms with Gasteiger partial charge in [-0.3, -0.25) is 4.79 Å². The predicted molar refractivity (Wildman–Crippen MR) is 117 cm³/mol. The maximum atomic E-state index is 13.9. The fraction of sp³-hybridized carbons (Fsp3) is 0.435. The van der Waals surface area contributed by atoms with E-state index >= 15 is 0 Å². The minimum absolute atomic E-state index is 0.0946. The number of hydrogen-bond donors (Lipinski definition) is 2.